The van der Waals surface area contributed by atoms with Crippen LogP contribution in [0.3, 0.4) is 0 Å². The average molecular weight is 186 g/mol. The van der Waals surface area contributed by atoms with Gasteiger partial charge in [0.1, 0.15) is 0 Å². The summed E-state index contributed by atoms with van der Waals surface area (Å²) in [7, 11) is 0. The van der Waals surface area contributed by atoms with Gasteiger partial charge >= 0.3 is 0 Å². The molecule has 0 atom stereocenters. The van der Waals surface area contributed by atoms with Crippen molar-refractivity contribution >= 4 is 16.7 Å². The highest BCUT2D eigenvalue weighted by molar-refractivity contribution is 5.77. The molecule has 0 unspecified atom stereocenters. The Balaban J connectivity index is 2.59. The van der Waals surface area contributed by atoms with E-state index in [1.165, 1.54) is 0 Å². The van der Waals surface area contributed by atoms with Crippen LogP contribution in [0.5, 0.6) is 0 Å². The van der Waals surface area contributed by atoms with Gasteiger partial charge in [-0.15, -0.1) is 0 Å². The van der Waals surface area contributed by atoms with Crippen LogP contribution in [0.4, 0.5) is 0 Å². The third-order valence-electron chi connectivity index (χ3n) is 2.18. The molecule has 1 aromatic heterocycles. The monoisotopic (exact) mass is 186 g/mol. The van der Waals surface area contributed by atoms with E-state index < -0.39 is 0 Å². The molecule has 0 N–H and O–H groups in total. The van der Waals surface area contributed by atoms with Crippen LogP contribution in [0.25, 0.3) is 10.9 Å². The van der Waals surface area contributed by atoms with Gasteiger partial charge in [-0.2, -0.15) is 4.57 Å². The summed E-state index contributed by atoms with van der Waals surface area (Å²) in [5.74, 6) is 0.173. The maximum absolute atomic E-state index is 11.0. The smallest absolute Gasteiger partial charge is 0.212 e. The van der Waals surface area contributed by atoms with Crippen molar-refractivity contribution in [2.24, 2.45) is 0 Å². The molecule has 0 bridgehead atoms. The van der Waals surface area contributed by atoms with Gasteiger partial charge in [0.2, 0.25) is 12.1 Å². The van der Waals surface area contributed by atoms with Crippen molar-refractivity contribution in [2.75, 3.05) is 0 Å². The fourth-order valence-corrected chi connectivity index (χ4v) is 1.60. The Morgan fingerprint density at radius 2 is 1.93 bits per heavy atom. The number of benzene rings is 1. The minimum Gasteiger partial charge on any atom is -0.293 e. The van der Waals surface area contributed by atoms with Crippen LogP contribution in [0.2, 0.25) is 0 Å². The lowest BCUT2D eigenvalue weighted by Crippen LogP contribution is -2.37. The molecule has 2 aromatic rings. The van der Waals surface area contributed by atoms with Crippen LogP contribution >= 0.6 is 0 Å². The standard InChI is InChI=1S/C12H12NO/c1-10(14)9-13-8-4-6-11-5-2-3-7-12(11)13/h2-8H,9H2,1H3/q+1. The summed E-state index contributed by atoms with van der Waals surface area (Å²) in [6, 6.07) is 12.1. The first kappa shape index (κ1) is 8.88. The molecule has 14 heavy (non-hydrogen) atoms. The van der Waals surface area contributed by atoms with Crippen LogP contribution in [0.1, 0.15) is 6.92 Å². The lowest BCUT2D eigenvalue weighted by Gasteiger charge is -1.97. The molecule has 70 valence electrons. The molecule has 2 rings (SSSR count). The molecule has 1 aromatic carbocycles. The van der Waals surface area contributed by atoms with E-state index >= 15 is 0 Å². The van der Waals surface area contributed by atoms with Gasteiger partial charge in [-0.3, -0.25) is 4.79 Å². The van der Waals surface area contributed by atoms with E-state index in [-0.39, 0.29) is 5.78 Å². The minimum absolute atomic E-state index is 0.173. The van der Waals surface area contributed by atoms with Gasteiger partial charge in [-0.25, -0.2) is 0 Å². The Morgan fingerprint density at radius 3 is 2.71 bits per heavy atom. The highest BCUT2D eigenvalue weighted by atomic mass is 16.1. The van der Waals surface area contributed by atoms with Gasteiger partial charge in [0.05, 0.1) is 0 Å². The minimum atomic E-state index is 0.173. The number of hydrogen-bond acceptors (Lipinski definition) is 1. The summed E-state index contributed by atoms with van der Waals surface area (Å²) >= 11 is 0. The summed E-state index contributed by atoms with van der Waals surface area (Å²) < 4.78 is 1.97. The zero-order valence-electron chi connectivity index (χ0n) is 8.10. The molecule has 0 radical (unpaired) electrons. The van der Waals surface area contributed by atoms with E-state index in [1.807, 2.05) is 47.2 Å². The molecule has 2 nitrogen and oxygen atoms in total. The summed E-state index contributed by atoms with van der Waals surface area (Å²) in [5, 5.41) is 1.16. The Labute approximate surface area is 82.8 Å². The molecular weight excluding hydrogens is 174 g/mol. The second kappa shape index (κ2) is 3.58. The summed E-state index contributed by atoms with van der Waals surface area (Å²) in [6.07, 6.45) is 1.93. The number of ketones is 1. The summed E-state index contributed by atoms with van der Waals surface area (Å²) in [5.41, 5.74) is 1.10. The molecule has 0 aliphatic rings. The third kappa shape index (κ3) is 1.64. The molecule has 0 aliphatic carbocycles. The highest BCUT2D eigenvalue weighted by Gasteiger charge is 2.08. The van der Waals surface area contributed by atoms with E-state index in [4.69, 9.17) is 0 Å². The summed E-state index contributed by atoms with van der Waals surface area (Å²) in [4.78, 5) is 11.0. The molecular formula is C12H12NO+. The third-order valence-corrected chi connectivity index (χ3v) is 2.18. The van der Waals surface area contributed by atoms with Crippen molar-refractivity contribution in [2.45, 2.75) is 13.5 Å². The number of pyridine rings is 1. The maximum Gasteiger partial charge on any atom is 0.212 e. The molecule has 2 heteroatoms. The summed E-state index contributed by atoms with van der Waals surface area (Å²) in [6.45, 7) is 2.05. The van der Waals surface area contributed by atoms with E-state index in [2.05, 4.69) is 0 Å². The number of carbonyl (C=O) groups excluding carboxylic acids is 1. The Kier molecular flexibility index (Phi) is 2.27. The molecule has 0 amide bonds. The molecule has 0 fully saturated rings. The Morgan fingerprint density at radius 1 is 1.21 bits per heavy atom. The van der Waals surface area contributed by atoms with E-state index in [0.29, 0.717) is 6.54 Å². The number of carbonyl (C=O) groups is 1. The van der Waals surface area contributed by atoms with Gasteiger partial charge in [-0.05, 0) is 12.1 Å². The normalized spacial score (nSPS) is 10.4. The quantitative estimate of drug-likeness (QED) is 0.654. The van der Waals surface area contributed by atoms with Crippen molar-refractivity contribution in [3.05, 3.63) is 42.6 Å². The largest absolute Gasteiger partial charge is 0.293 e. The first-order valence-electron chi connectivity index (χ1n) is 4.64. The molecule has 0 saturated carbocycles. The number of rotatable bonds is 2. The van der Waals surface area contributed by atoms with Crippen LogP contribution in [0.15, 0.2) is 42.6 Å². The van der Waals surface area contributed by atoms with Crippen LogP contribution in [-0.2, 0) is 11.3 Å². The number of para-hydroxylation sites is 1. The van der Waals surface area contributed by atoms with Crippen LogP contribution in [-0.4, -0.2) is 5.78 Å². The number of Topliss-reactive ketones (excluding diaryl/α,β-unsaturated/α-hetero) is 1. The van der Waals surface area contributed by atoms with E-state index in [1.54, 1.807) is 6.92 Å². The highest BCUT2D eigenvalue weighted by Crippen LogP contribution is 2.07. The van der Waals surface area contributed by atoms with Gasteiger partial charge in [0.15, 0.2) is 12.0 Å². The molecule has 0 spiro atoms. The first-order valence-corrected chi connectivity index (χ1v) is 4.64. The maximum atomic E-state index is 11.0. The molecule has 0 saturated heterocycles. The average Bonchev–Trinajstić information content (AvgIpc) is 2.18. The second-order valence-corrected chi connectivity index (χ2v) is 3.40. The first-order chi connectivity index (χ1) is 6.77. The van der Waals surface area contributed by atoms with Crippen molar-refractivity contribution in [3.63, 3.8) is 0 Å². The number of fused-ring (bicyclic) bond motifs is 1. The Bertz CT molecular complexity index is 471. The van der Waals surface area contributed by atoms with Crippen molar-refractivity contribution in [3.8, 4) is 0 Å². The van der Waals surface area contributed by atoms with Crippen molar-refractivity contribution in [1.82, 2.24) is 0 Å². The van der Waals surface area contributed by atoms with Crippen molar-refractivity contribution in [1.29, 1.82) is 0 Å². The zero-order chi connectivity index (χ0) is 9.97. The van der Waals surface area contributed by atoms with Gasteiger partial charge in [0.25, 0.3) is 0 Å². The topological polar surface area (TPSA) is 20.9 Å². The number of hydrogen-bond donors (Lipinski definition) is 0. The SMILES string of the molecule is CC(=O)C[n+]1cccc2ccccc21. The van der Waals surface area contributed by atoms with Crippen LogP contribution < -0.4 is 4.57 Å². The molecule has 1 heterocycles. The number of aromatic nitrogens is 1. The lowest BCUT2D eigenvalue weighted by atomic mass is 10.2. The zero-order valence-corrected chi connectivity index (χ0v) is 8.10. The fourth-order valence-electron chi connectivity index (χ4n) is 1.60. The Hall–Kier alpha value is -1.70. The second-order valence-electron chi connectivity index (χ2n) is 3.40. The number of nitrogens with zero attached hydrogens (tertiary/aromatic N) is 1. The van der Waals surface area contributed by atoms with Crippen LogP contribution in [0, 0.1) is 0 Å². The van der Waals surface area contributed by atoms with Gasteiger partial charge < -0.3 is 0 Å². The van der Waals surface area contributed by atoms with Gasteiger partial charge in [-0.1, -0.05) is 12.1 Å². The molecule has 0 aliphatic heterocycles. The predicted octanol–water partition coefficient (Wildman–Crippen LogP) is 1.72. The fraction of sp³-hybridized carbons (Fsp3) is 0.167. The van der Waals surface area contributed by atoms with E-state index in [9.17, 15) is 4.79 Å². The van der Waals surface area contributed by atoms with Gasteiger partial charge in [0, 0.05) is 24.4 Å². The lowest BCUT2D eigenvalue weighted by molar-refractivity contribution is -0.658. The van der Waals surface area contributed by atoms with E-state index in [0.717, 1.165) is 10.9 Å². The predicted molar refractivity (Wildman–Crippen MR) is 54.8 cm³/mol. The van der Waals surface area contributed by atoms with Crippen molar-refractivity contribution < 1.29 is 9.36 Å².